The molecule has 11 aromatic rings. The minimum Gasteiger partial charge on any atom is -0.452 e. The quantitative estimate of drug-likeness (QED) is 0.177. The van der Waals surface area contributed by atoms with Gasteiger partial charge in [-0.3, -0.25) is 0 Å². The average molecular weight is 731 g/mol. The summed E-state index contributed by atoms with van der Waals surface area (Å²) >= 11 is 0. The number of furan rings is 1. The number of allylic oxidation sites excluding steroid dienone is 4. The number of hydrogen-bond donors (Lipinski definition) is 0. The average Bonchev–Trinajstić information content (AvgIpc) is 3.94. The van der Waals surface area contributed by atoms with Crippen molar-refractivity contribution in [2.45, 2.75) is 12.8 Å². The second kappa shape index (κ2) is 12.5. The zero-order valence-electron chi connectivity index (χ0n) is 30.9. The maximum Gasteiger partial charge on any atom is 0.180 e. The minimum absolute atomic E-state index is 0.671. The van der Waals surface area contributed by atoms with Gasteiger partial charge < -0.3 is 13.6 Å². The Morgan fingerprint density at radius 3 is 2.02 bits per heavy atom. The summed E-state index contributed by atoms with van der Waals surface area (Å²) in [5.74, 6) is 0.671. The Balaban J connectivity index is 1.07. The maximum absolute atomic E-state index is 6.60. The molecule has 4 heterocycles. The third kappa shape index (κ3) is 4.89. The molecule has 268 valence electrons. The van der Waals surface area contributed by atoms with E-state index in [1.807, 2.05) is 36.4 Å². The molecule has 7 aromatic carbocycles. The predicted molar refractivity (Wildman–Crippen MR) is 236 cm³/mol. The van der Waals surface area contributed by atoms with Crippen molar-refractivity contribution in [1.29, 1.82) is 0 Å². The summed E-state index contributed by atoms with van der Waals surface area (Å²) in [5.41, 5.74) is 14.5. The topological polar surface area (TPSA) is 48.8 Å². The van der Waals surface area contributed by atoms with Crippen molar-refractivity contribution in [3.8, 4) is 39.5 Å². The van der Waals surface area contributed by atoms with Gasteiger partial charge in [0.1, 0.15) is 16.8 Å². The summed E-state index contributed by atoms with van der Waals surface area (Å²) in [5, 5.41) is 5.91. The molecule has 4 aromatic heterocycles. The van der Waals surface area contributed by atoms with Gasteiger partial charge in [0.15, 0.2) is 11.4 Å². The summed E-state index contributed by atoms with van der Waals surface area (Å²) in [6.07, 6.45) is 9.06. The molecule has 0 aliphatic heterocycles. The van der Waals surface area contributed by atoms with Crippen LogP contribution in [-0.2, 0) is 0 Å². The second-order valence-corrected chi connectivity index (χ2v) is 14.8. The van der Waals surface area contributed by atoms with Crippen molar-refractivity contribution >= 4 is 71.4 Å². The fourth-order valence-electron chi connectivity index (χ4n) is 9.00. The molecule has 0 N–H and O–H groups in total. The molecule has 0 atom stereocenters. The van der Waals surface area contributed by atoms with Gasteiger partial charge in [0.05, 0.1) is 22.1 Å². The highest BCUT2D eigenvalue weighted by molar-refractivity contribution is 6.18. The lowest BCUT2D eigenvalue weighted by atomic mass is 9.98. The van der Waals surface area contributed by atoms with Gasteiger partial charge in [0.2, 0.25) is 0 Å². The molecule has 5 nitrogen and oxygen atoms in total. The van der Waals surface area contributed by atoms with Gasteiger partial charge in [-0.15, -0.1) is 0 Å². The summed E-state index contributed by atoms with van der Waals surface area (Å²) in [4.78, 5) is 10.2. The molecule has 5 heteroatoms. The summed E-state index contributed by atoms with van der Waals surface area (Å²) in [6.45, 7) is 0. The van der Waals surface area contributed by atoms with Crippen LogP contribution in [0.1, 0.15) is 12.8 Å². The number of nitrogens with zero attached hydrogens (tertiary/aromatic N) is 4. The van der Waals surface area contributed by atoms with Crippen LogP contribution in [0.5, 0.6) is 0 Å². The molecule has 57 heavy (non-hydrogen) atoms. The van der Waals surface area contributed by atoms with E-state index < -0.39 is 0 Å². The maximum atomic E-state index is 6.60. The largest absolute Gasteiger partial charge is 0.452 e. The lowest BCUT2D eigenvalue weighted by Crippen LogP contribution is -1.96. The first kappa shape index (κ1) is 31.8. The Morgan fingerprint density at radius 2 is 1.21 bits per heavy atom. The van der Waals surface area contributed by atoms with Gasteiger partial charge in [-0.2, -0.15) is 0 Å². The molecular weight excluding hydrogens is 697 g/mol. The molecule has 0 fully saturated rings. The van der Waals surface area contributed by atoms with E-state index in [0.717, 1.165) is 62.9 Å². The Labute approximate surface area is 328 Å². The van der Waals surface area contributed by atoms with E-state index >= 15 is 0 Å². The van der Waals surface area contributed by atoms with Crippen molar-refractivity contribution in [2.75, 3.05) is 0 Å². The Hall–Kier alpha value is -7.50. The molecule has 1 aliphatic rings. The molecule has 0 radical (unpaired) electrons. The molecule has 12 rings (SSSR count). The van der Waals surface area contributed by atoms with Crippen molar-refractivity contribution in [1.82, 2.24) is 19.1 Å². The lowest BCUT2D eigenvalue weighted by molar-refractivity contribution is 0.667. The highest BCUT2D eigenvalue weighted by atomic mass is 16.3. The van der Waals surface area contributed by atoms with Crippen LogP contribution < -0.4 is 0 Å². The van der Waals surface area contributed by atoms with Gasteiger partial charge in [-0.1, -0.05) is 127 Å². The van der Waals surface area contributed by atoms with E-state index in [9.17, 15) is 0 Å². The minimum atomic E-state index is 0.671. The van der Waals surface area contributed by atoms with Crippen LogP contribution in [0.4, 0.5) is 0 Å². The van der Waals surface area contributed by atoms with Crippen LogP contribution in [0.25, 0.3) is 111 Å². The lowest BCUT2D eigenvalue weighted by Gasteiger charge is -2.12. The zero-order valence-corrected chi connectivity index (χ0v) is 30.9. The number of hydrogen-bond acceptors (Lipinski definition) is 3. The first-order valence-corrected chi connectivity index (χ1v) is 19.6. The summed E-state index contributed by atoms with van der Waals surface area (Å²) in [6, 6.07) is 58.1. The molecule has 0 amide bonds. The molecule has 0 unspecified atom stereocenters. The first-order valence-electron chi connectivity index (χ1n) is 19.6. The molecule has 1 aliphatic carbocycles. The van der Waals surface area contributed by atoms with Crippen molar-refractivity contribution < 1.29 is 4.42 Å². The number of para-hydroxylation sites is 2. The van der Waals surface area contributed by atoms with Crippen molar-refractivity contribution in [3.63, 3.8) is 0 Å². The van der Waals surface area contributed by atoms with Crippen LogP contribution in [0, 0.1) is 0 Å². The number of rotatable bonds is 5. The van der Waals surface area contributed by atoms with Crippen LogP contribution in [0.3, 0.4) is 0 Å². The first-order chi connectivity index (χ1) is 28.3. The highest BCUT2D eigenvalue weighted by Crippen LogP contribution is 2.42. The Kier molecular flexibility index (Phi) is 6.99. The standard InChI is InChI=1S/C52H34N4O/c1-4-15-33(16-5-1)49-51-50(54-52(53-49)34-17-6-2-7-18-34)42-32-37(28-30-47(42)57-51)56-43-24-12-10-21-39(43)41-31-35(27-29-45(41)56)38-23-14-26-46-48(38)40-22-11-13-25-44(40)55(46)36-19-8-3-9-20-36/h1-2,4-8,10-32H,3,9H2. The highest BCUT2D eigenvalue weighted by Gasteiger charge is 2.21. The van der Waals surface area contributed by atoms with Gasteiger partial charge in [0.25, 0.3) is 0 Å². The van der Waals surface area contributed by atoms with Gasteiger partial charge in [0, 0.05) is 49.4 Å². The van der Waals surface area contributed by atoms with E-state index in [1.165, 1.54) is 49.4 Å². The van der Waals surface area contributed by atoms with Crippen LogP contribution in [0.15, 0.2) is 186 Å². The van der Waals surface area contributed by atoms with E-state index in [-0.39, 0.29) is 0 Å². The van der Waals surface area contributed by atoms with Gasteiger partial charge in [-0.05, 0) is 78.6 Å². The van der Waals surface area contributed by atoms with Crippen LogP contribution in [0.2, 0.25) is 0 Å². The third-order valence-corrected chi connectivity index (χ3v) is 11.5. The fraction of sp³-hybridized carbons (Fsp3) is 0.0385. The van der Waals surface area contributed by atoms with Gasteiger partial charge in [-0.25, -0.2) is 9.97 Å². The molecule has 0 bridgehead atoms. The van der Waals surface area contributed by atoms with E-state index in [1.54, 1.807) is 0 Å². The van der Waals surface area contributed by atoms with E-state index in [2.05, 4.69) is 155 Å². The normalized spacial score (nSPS) is 13.2. The molecule has 0 saturated heterocycles. The SMILES string of the molecule is C1=CC(n2c3ccccc3c3c(-c4ccc5c(c4)c4ccccc4n5-c4ccc5oc6c(-c7ccccc7)nc(-c7ccccc7)nc6c5c4)cccc32)=CCC1. The molecule has 0 spiro atoms. The van der Waals surface area contributed by atoms with E-state index in [4.69, 9.17) is 14.4 Å². The third-order valence-electron chi connectivity index (χ3n) is 11.5. The zero-order chi connectivity index (χ0) is 37.5. The van der Waals surface area contributed by atoms with Crippen LogP contribution >= 0.6 is 0 Å². The summed E-state index contributed by atoms with van der Waals surface area (Å²) < 4.78 is 11.4. The van der Waals surface area contributed by atoms with Crippen molar-refractivity contribution in [2.24, 2.45) is 0 Å². The summed E-state index contributed by atoms with van der Waals surface area (Å²) in [7, 11) is 0. The number of fused-ring (bicyclic) bond motifs is 9. The number of aromatic nitrogens is 4. The smallest absolute Gasteiger partial charge is 0.180 e. The predicted octanol–water partition coefficient (Wildman–Crippen LogP) is 13.8. The van der Waals surface area contributed by atoms with Gasteiger partial charge >= 0.3 is 0 Å². The monoisotopic (exact) mass is 730 g/mol. The fourth-order valence-corrected chi connectivity index (χ4v) is 9.00. The van der Waals surface area contributed by atoms with E-state index in [0.29, 0.717) is 11.4 Å². The second-order valence-electron chi connectivity index (χ2n) is 14.8. The molecule has 0 saturated carbocycles. The molecular formula is C52H34N4O. The Morgan fingerprint density at radius 1 is 0.491 bits per heavy atom. The van der Waals surface area contributed by atoms with Crippen LogP contribution in [-0.4, -0.2) is 19.1 Å². The van der Waals surface area contributed by atoms with Crippen molar-refractivity contribution in [3.05, 3.63) is 182 Å². The number of benzene rings is 7. The Bertz CT molecular complexity index is 3460.